The highest BCUT2D eigenvalue weighted by Crippen LogP contribution is 2.58. The molecule has 130 valence electrons. The van der Waals surface area contributed by atoms with E-state index in [1.54, 1.807) is 0 Å². The molecular weight excluding hydrogens is 288 g/mol. The largest absolute Gasteiger partial charge is 0.392 e. The lowest BCUT2D eigenvalue weighted by atomic mass is 9.51. The van der Waals surface area contributed by atoms with Gasteiger partial charge in [-0.15, -0.1) is 0 Å². The van der Waals surface area contributed by atoms with E-state index in [9.17, 15) is 15.3 Å². The van der Waals surface area contributed by atoms with Crippen molar-refractivity contribution in [3.05, 3.63) is 23.3 Å². The molecule has 3 heteroatoms. The molecular formula is C20H32O3. The van der Waals surface area contributed by atoms with Crippen LogP contribution in [-0.2, 0) is 0 Å². The first kappa shape index (κ1) is 17.2. The Bertz CT molecular complexity index is 547. The average molecular weight is 320 g/mol. The Hall–Kier alpha value is -0.640. The third-order valence-electron chi connectivity index (χ3n) is 7.25. The Morgan fingerprint density at radius 3 is 2.39 bits per heavy atom. The molecule has 0 aromatic heterocycles. The Balaban J connectivity index is 2.09. The first-order valence-corrected chi connectivity index (χ1v) is 9.01. The molecule has 3 N–H and O–H groups in total. The van der Waals surface area contributed by atoms with Crippen molar-refractivity contribution in [3.63, 3.8) is 0 Å². The van der Waals surface area contributed by atoms with Gasteiger partial charge in [-0.3, -0.25) is 0 Å². The topological polar surface area (TPSA) is 60.7 Å². The van der Waals surface area contributed by atoms with Crippen molar-refractivity contribution < 1.29 is 15.3 Å². The third-order valence-corrected chi connectivity index (χ3v) is 7.25. The summed E-state index contributed by atoms with van der Waals surface area (Å²) >= 11 is 0. The fourth-order valence-corrected chi connectivity index (χ4v) is 5.95. The monoisotopic (exact) mass is 320 g/mol. The number of hydrogen-bond acceptors (Lipinski definition) is 3. The van der Waals surface area contributed by atoms with E-state index >= 15 is 0 Å². The van der Waals surface area contributed by atoms with Crippen LogP contribution in [0.1, 0.15) is 59.8 Å². The van der Waals surface area contributed by atoms with Crippen molar-refractivity contribution in [2.45, 2.75) is 78.1 Å². The van der Waals surface area contributed by atoms with Crippen LogP contribution in [0.15, 0.2) is 23.3 Å². The molecule has 6 atom stereocenters. The maximum absolute atomic E-state index is 11.0. The molecule has 0 unspecified atom stereocenters. The molecule has 2 fully saturated rings. The SMILES string of the molecule is C=C1[C@H]2C[C@@H]3[C@@H](O)CC(C)=C([C@@H](O)C[C@]2(C)CC[C@@H]1O)C3(C)C. The van der Waals surface area contributed by atoms with Crippen LogP contribution >= 0.6 is 0 Å². The van der Waals surface area contributed by atoms with E-state index in [2.05, 4.69) is 34.3 Å². The summed E-state index contributed by atoms with van der Waals surface area (Å²) in [6.07, 6.45) is 2.58. The molecule has 0 spiro atoms. The highest BCUT2D eigenvalue weighted by molar-refractivity contribution is 5.32. The minimum atomic E-state index is -0.462. The smallest absolute Gasteiger partial charge is 0.0763 e. The van der Waals surface area contributed by atoms with Crippen LogP contribution in [0.25, 0.3) is 0 Å². The number of aliphatic hydroxyl groups is 3. The van der Waals surface area contributed by atoms with E-state index in [1.165, 1.54) is 0 Å². The van der Waals surface area contributed by atoms with Crippen molar-refractivity contribution in [2.75, 3.05) is 0 Å². The molecule has 3 rings (SSSR count). The van der Waals surface area contributed by atoms with Crippen LogP contribution in [0.5, 0.6) is 0 Å². The lowest BCUT2D eigenvalue weighted by Gasteiger charge is -2.55. The van der Waals surface area contributed by atoms with E-state index in [4.69, 9.17) is 0 Å². The number of hydrogen-bond donors (Lipinski definition) is 3. The van der Waals surface area contributed by atoms with Crippen LogP contribution in [-0.4, -0.2) is 33.6 Å². The Labute approximate surface area is 140 Å². The van der Waals surface area contributed by atoms with E-state index in [0.29, 0.717) is 6.42 Å². The zero-order valence-electron chi connectivity index (χ0n) is 15.0. The van der Waals surface area contributed by atoms with Gasteiger partial charge in [-0.2, -0.15) is 0 Å². The van der Waals surface area contributed by atoms with Crippen LogP contribution < -0.4 is 0 Å². The van der Waals surface area contributed by atoms with Gasteiger partial charge in [-0.05, 0) is 72.8 Å². The van der Waals surface area contributed by atoms with Gasteiger partial charge in [-0.25, -0.2) is 0 Å². The predicted molar refractivity (Wildman–Crippen MR) is 91.8 cm³/mol. The van der Waals surface area contributed by atoms with Crippen molar-refractivity contribution >= 4 is 0 Å². The normalized spacial score (nSPS) is 46.9. The van der Waals surface area contributed by atoms with Crippen molar-refractivity contribution in [1.29, 1.82) is 0 Å². The van der Waals surface area contributed by atoms with Gasteiger partial charge >= 0.3 is 0 Å². The second-order valence-corrected chi connectivity index (χ2v) is 9.09. The van der Waals surface area contributed by atoms with Gasteiger partial charge in [0.05, 0.1) is 18.3 Å². The summed E-state index contributed by atoms with van der Waals surface area (Å²) in [6.45, 7) is 12.8. The lowest BCUT2D eigenvalue weighted by molar-refractivity contribution is -0.0474. The maximum Gasteiger partial charge on any atom is 0.0763 e. The Morgan fingerprint density at radius 1 is 1.09 bits per heavy atom. The second-order valence-electron chi connectivity index (χ2n) is 9.09. The van der Waals surface area contributed by atoms with E-state index in [1.807, 2.05) is 0 Å². The van der Waals surface area contributed by atoms with Gasteiger partial charge < -0.3 is 15.3 Å². The number of fused-ring (bicyclic) bond motifs is 3. The van der Waals surface area contributed by atoms with Gasteiger partial charge in [0.25, 0.3) is 0 Å². The quantitative estimate of drug-likeness (QED) is 0.601. The van der Waals surface area contributed by atoms with Gasteiger partial charge in [-0.1, -0.05) is 32.9 Å². The summed E-state index contributed by atoms with van der Waals surface area (Å²) in [5, 5.41) is 32.1. The fraction of sp³-hybridized carbons (Fsp3) is 0.800. The van der Waals surface area contributed by atoms with Crippen molar-refractivity contribution in [1.82, 2.24) is 0 Å². The minimum absolute atomic E-state index is 0.0485. The lowest BCUT2D eigenvalue weighted by Crippen LogP contribution is -2.51. The summed E-state index contributed by atoms with van der Waals surface area (Å²) < 4.78 is 0. The molecule has 23 heavy (non-hydrogen) atoms. The zero-order chi connectivity index (χ0) is 17.2. The van der Waals surface area contributed by atoms with Gasteiger partial charge in [0, 0.05) is 0 Å². The summed E-state index contributed by atoms with van der Waals surface area (Å²) in [7, 11) is 0. The van der Waals surface area contributed by atoms with Gasteiger partial charge in [0.15, 0.2) is 0 Å². The van der Waals surface area contributed by atoms with Crippen LogP contribution in [0.3, 0.4) is 0 Å². The van der Waals surface area contributed by atoms with Gasteiger partial charge in [0.1, 0.15) is 0 Å². The molecule has 3 nitrogen and oxygen atoms in total. The highest BCUT2D eigenvalue weighted by atomic mass is 16.3. The molecule has 0 heterocycles. The van der Waals surface area contributed by atoms with Crippen LogP contribution in [0.2, 0.25) is 0 Å². The van der Waals surface area contributed by atoms with E-state index in [-0.39, 0.29) is 28.8 Å². The predicted octanol–water partition coefficient (Wildman–Crippen LogP) is 3.20. The fourth-order valence-electron chi connectivity index (χ4n) is 5.95. The molecule has 0 aromatic rings. The molecule has 3 aliphatic carbocycles. The molecule has 0 aliphatic heterocycles. The molecule has 0 saturated heterocycles. The summed E-state index contributed by atoms with van der Waals surface area (Å²) in [4.78, 5) is 0. The summed E-state index contributed by atoms with van der Waals surface area (Å²) in [5.41, 5.74) is 2.94. The zero-order valence-corrected chi connectivity index (χ0v) is 15.0. The van der Waals surface area contributed by atoms with Gasteiger partial charge in [0.2, 0.25) is 0 Å². The highest BCUT2D eigenvalue weighted by Gasteiger charge is 2.53. The molecule has 2 saturated carbocycles. The minimum Gasteiger partial charge on any atom is -0.392 e. The average Bonchev–Trinajstić information content (AvgIpc) is 2.40. The van der Waals surface area contributed by atoms with Crippen LogP contribution in [0.4, 0.5) is 0 Å². The van der Waals surface area contributed by atoms with E-state index < -0.39 is 12.2 Å². The van der Waals surface area contributed by atoms with Crippen molar-refractivity contribution in [3.8, 4) is 0 Å². The maximum atomic E-state index is 11.0. The second kappa shape index (κ2) is 5.44. The first-order valence-electron chi connectivity index (χ1n) is 9.01. The standard InChI is InChI=1S/C20H32O3/c1-11-8-16(22)14-9-13-12(2)15(21)6-7-20(13,5)10-17(23)18(11)19(14,3)4/h13-17,21-23H,2,6-10H2,1,3-5H3/t13-,14-,15+,16+,17+,20+/m1/s1. The third kappa shape index (κ3) is 2.52. The molecule has 2 bridgehead atoms. The number of rotatable bonds is 0. The molecule has 0 radical (unpaired) electrons. The van der Waals surface area contributed by atoms with E-state index in [0.717, 1.165) is 42.4 Å². The molecule has 0 amide bonds. The molecule has 3 aliphatic rings. The van der Waals surface area contributed by atoms with Crippen molar-refractivity contribution in [2.24, 2.45) is 22.7 Å². The summed E-state index contributed by atoms with van der Waals surface area (Å²) in [6, 6.07) is 0. The summed E-state index contributed by atoms with van der Waals surface area (Å²) in [5.74, 6) is 0.266. The Kier molecular flexibility index (Phi) is 4.06. The first-order chi connectivity index (χ1) is 10.6. The number of aliphatic hydroxyl groups excluding tert-OH is 3. The van der Waals surface area contributed by atoms with Crippen LogP contribution in [0, 0.1) is 22.7 Å². The molecule has 0 aromatic carbocycles. The Morgan fingerprint density at radius 2 is 1.74 bits per heavy atom.